The number of benzene rings is 1. The Morgan fingerprint density at radius 1 is 1.17 bits per heavy atom. The van der Waals surface area contributed by atoms with E-state index in [1.165, 1.54) is 16.7 Å². The smallest absolute Gasteiger partial charge is 0.0447 e. The molecule has 1 aromatic rings. The molecule has 0 saturated carbocycles. The molecule has 0 aromatic heterocycles. The van der Waals surface area contributed by atoms with Gasteiger partial charge in [-0.2, -0.15) is 0 Å². The summed E-state index contributed by atoms with van der Waals surface area (Å²) in [5.41, 5.74) is 4.13. The molecule has 1 rings (SSSR count). The van der Waals surface area contributed by atoms with Gasteiger partial charge in [0.1, 0.15) is 0 Å². The van der Waals surface area contributed by atoms with E-state index in [1.807, 2.05) is 7.05 Å². The molecule has 0 amide bonds. The lowest BCUT2D eigenvalue weighted by Gasteiger charge is -2.30. The quantitative estimate of drug-likeness (QED) is 0.831. The van der Waals surface area contributed by atoms with Crippen molar-refractivity contribution in [2.24, 2.45) is 0 Å². The molecule has 0 saturated heterocycles. The summed E-state index contributed by atoms with van der Waals surface area (Å²) in [5, 5.41) is 3.44. The molecule has 2 nitrogen and oxygen atoms in total. The third kappa shape index (κ3) is 3.82. The van der Waals surface area contributed by atoms with E-state index in [4.69, 9.17) is 0 Å². The summed E-state index contributed by atoms with van der Waals surface area (Å²) >= 11 is 0. The average Bonchev–Trinajstić information content (AvgIpc) is 2.34. The lowest BCUT2D eigenvalue weighted by atomic mass is 10.0. The normalized spacial score (nSPS) is 13.3. The Morgan fingerprint density at radius 3 is 2.28 bits per heavy atom. The summed E-state index contributed by atoms with van der Waals surface area (Å²) in [6, 6.07) is 7.78. The predicted octanol–water partition coefficient (Wildman–Crippen LogP) is 3.29. The van der Waals surface area contributed by atoms with Gasteiger partial charge in [-0.15, -0.1) is 0 Å². The summed E-state index contributed by atoms with van der Waals surface area (Å²) in [5.74, 6) is 0. The average molecular weight is 248 g/mol. The molecule has 0 heterocycles. The van der Waals surface area contributed by atoms with Gasteiger partial charge in [0.25, 0.3) is 0 Å². The van der Waals surface area contributed by atoms with Crippen LogP contribution in [-0.4, -0.2) is 31.1 Å². The van der Waals surface area contributed by atoms with Crippen molar-refractivity contribution in [2.45, 2.75) is 46.7 Å². The fourth-order valence-electron chi connectivity index (χ4n) is 2.28. The van der Waals surface area contributed by atoms with Crippen molar-refractivity contribution in [1.29, 1.82) is 0 Å². The minimum atomic E-state index is 0.409. The zero-order valence-electron chi connectivity index (χ0n) is 12.7. The fraction of sp³-hybridized carbons (Fsp3) is 0.625. The van der Waals surface area contributed by atoms with Gasteiger partial charge in [-0.25, -0.2) is 0 Å². The predicted molar refractivity (Wildman–Crippen MR) is 80.1 cm³/mol. The van der Waals surface area contributed by atoms with E-state index >= 15 is 0 Å². The molecular weight excluding hydrogens is 220 g/mol. The fourth-order valence-corrected chi connectivity index (χ4v) is 2.28. The van der Waals surface area contributed by atoms with Crippen molar-refractivity contribution >= 4 is 0 Å². The van der Waals surface area contributed by atoms with Gasteiger partial charge in [0, 0.05) is 18.6 Å². The largest absolute Gasteiger partial charge is 0.312 e. The molecule has 0 fully saturated rings. The highest BCUT2D eigenvalue weighted by Crippen LogP contribution is 2.18. The van der Waals surface area contributed by atoms with E-state index in [0.29, 0.717) is 12.1 Å². The van der Waals surface area contributed by atoms with Gasteiger partial charge in [0.05, 0.1) is 0 Å². The van der Waals surface area contributed by atoms with E-state index in [1.54, 1.807) is 0 Å². The van der Waals surface area contributed by atoms with E-state index in [9.17, 15) is 0 Å². The summed E-state index contributed by atoms with van der Waals surface area (Å²) < 4.78 is 0. The second-order valence-corrected chi connectivity index (χ2v) is 5.37. The first-order chi connectivity index (χ1) is 8.49. The van der Waals surface area contributed by atoms with E-state index < -0.39 is 0 Å². The van der Waals surface area contributed by atoms with Crippen LogP contribution in [0.25, 0.3) is 0 Å². The zero-order chi connectivity index (χ0) is 13.7. The van der Waals surface area contributed by atoms with E-state index in [2.05, 4.69) is 63.0 Å². The Kier molecular flexibility index (Phi) is 5.83. The molecule has 0 aliphatic heterocycles. The van der Waals surface area contributed by atoms with E-state index in [-0.39, 0.29) is 0 Å². The highest BCUT2D eigenvalue weighted by molar-refractivity contribution is 5.31. The maximum Gasteiger partial charge on any atom is 0.0447 e. The van der Waals surface area contributed by atoms with Crippen LogP contribution in [0.5, 0.6) is 0 Å². The number of likely N-dealkylation sites (N-methyl/N-ethyl adjacent to an activating group) is 2. The van der Waals surface area contributed by atoms with Gasteiger partial charge >= 0.3 is 0 Å². The van der Waals surface area contributed by atoms with Crippen molar-refractivity contribution in [1.82, 2.24) is 10.2 Å². The van der Waals surface area contributed by atoms with Crippen LogP contribution in [0, 0.1) is 13.8 Å². The number of nitrogens with one attached hydrogen (secondary N) is 1. The van der Waals surface area contributed by atoms with Crippen LogP contribution in [0.4, 0.5) is 0 Å². The summed E-state index contributed by atoms with van der Waals surface area (Å²) in [4.78, 5) is 2.50. The second-order valence-electron chi connectivity index (χ2n) is 5.37. The lowest BCUT2D eigenvalue weighted by Crippen LogP contribution is -2.38. The first-order valence-electron chi connectivity index (χ1n) is 6.98. The molecule has 0 spiro atoms. The molecule has 2 heteroatoms. The topological polar surface area (TPSA) is 15.3 Å². The van der Waals surface area contributed by atoms with Crippen LogP contribution >= 0.6 is 0 Å². The molecule has 102 valence electrons. The number of rotatable bonds is 6. The van der Waals surface area contributed by atoms with Gasteiger partial charge in [-0.1, -0.05) is 25.1 Å². The minimum absolute atomic E-state index is 0.409. The van der Waals surface area contributed by atoms with Crippen LogP contribution in [0.15, 0.2) is 18.2 Å². The molecule has 1 unspecified atom stereocenters. The number of hydrogen-bond donors (Lipinski definition) is 1. The summed E-state index contributed by atoms with van der Waals surface area (Å²) in [6.07, 6.45) is 0. The van der Waals surface area contributed by atoms with Gasteiger partial charge in [0.2, 0.25) is 0 Å². The number of aryl methyl sites for hydroxylation is 2. The third-order valence-corrected chi connectivity index (χ3v) is 3.84. The summed E-state index contributed by atoms with van der Waals surface area (Å²) in [7, 11) is 2.05. The Bertz CT molecular complexity index is 371. The van der Waals surface area contributed by atoms with Gasteiger partial charge in [-0.05, 0) is 58.0 Å². The SMILES string of the molecule is CCN(CC(NC)c1ccc(C)c(C)c1)C(C)C. The maximum absolute atomic E-state index is 3.44. The summed E-state index contributed by atoms with van der Waals surface area (Å²) in [6.45, 7) is 13.3. The second kappa shape index (κ2) is 6.91. The van der Waals surface area contributed by atoms with Crippen molar-refractivity contribution in [3.63, 3.8) is 0 Å². The Balaban J connectivity index is 2.85. The van der Waals surface area contributed by atoms with Crippen LogP contribution in [0.2, 0.25) is 0 Å². The molecule has 0 radical (unpaired) electrons. The number of nitrogens with zero attached hydrogens (tertiary/aromatic N) is 1. The Hall–Kier alpha value is -0.860. The van der Waals surface area contributed by atoms with Crippen LogP contribution in [0.3, 0.4) is 0 Å². The van der Waals surface area contributed by atoms with Crippen molar-refractivity contribution in [3.8, 4) is 0 Å². The molecular formula is C16H28N2. The first kappa shape index (κ1) is 15.2. The molecule has 1 atom stereocenters. The van der Waals surface area contributed by atoms with Gasteiger partial charge < -0.3 is 5.32 Å². The van der Waals surface area contributed by atoms with Crippen LogP contribution in [-0.2, 0) is 0 Å². The maximum atomic E-state index is 3.44. The highest BCUT2D eigenvalue weighted by Gasteiger charge is 2.15. The van der Waals surface area contributed by atoms with Crippen molar-refractivity contribution < 1.29 is 0 Å². The molecule has 1 N–H and O–H groups in total. The first-order valence-corrected chi connectivity index (χ1v) is 6.98. The van der Waals surface area contributed by atoms with Gasteiger partial charge in [0.15, 0.2) is 0 Å². The van der Waals surface area contributed by atoms with Crippen LogP contribution < -0.4 is 5.32 Å². The molecule has 0 aliphatic carbocycles. The molecule has 1 aromatic carbocycles. The molecule has 18 heavy (non-hydrogen) atoms. The molecule has 0 bridgehead atoms. The van der Waals surface area contributed by atoms with Gasteiger partial charge in [-0.3, -0.25) is 4.90 Å². The minimum Gasteiger partial charge on any atom is -0.312 e. The van der Waals surface area contributed by atoms with Crippen LogP contribution in [0.1, 0.15) is 43.5 Å². The highest BCUT2D eigenvalue weighted by atomic mass is 15.2. The number of hydrogen-bond acceptors (Lipinski definition) is 2. The third-order valence-electron chi connectivity index (χ3n) is 3.84. The monoisotopic (exact) mass is 248 g/mol. The molecule has 0 aliphatic rings. The van der Waals surface area contributed by atoms with Crippen molar-refractivity contribution in [3.05, 3.63) is 34.9 Å². The van der Waals surface area contributed by atoms with Crippen molar-refractivity contribution in [2.75, 3.05) is 20.1 Å². The van der Waals surface area contributed by atoms with E-state index in [0.717, 1.165) is 13.1 Å². The standard InChI is InChI=1S/C16H28N2/c1-7-18(12(2)3)11-16(17-6)15-9-8-13(4)14(5)10-15/h8-10,12,16-17H,7,11H2,1-6H3. The lowest BCUT2D eigenvalue weighted by molar-refractivity contribution is 0.210. The zero-order valence-corrected chi connectivity index (χ0v) is 12.7. The Labute approximate surface area is 112 Å². The Morgan fingerprint density at radius 2 is 1.83 bits per heavy atom.